The largest absolute Gasteiger partial charge is 0.492 e. The maximum Gasteiger partial charge on any atom is 0.306 e. The molecule has 0 aliphatic rings. The van der Waals surface area contributed by atoms with Crippen molar-refractivity contribution in [3.63, 3.8) is 0 Å². The lowest BCUT2D eigenvalue weighted by molar-refractivity contribution is -0.144. The lowest BCUT2D eigenvalue weighted by atomic mass is 10.2. The number of esters is 1. The highest BCUT2D eigenvalue weighted by molar-refractivity contribution is 7.80. The van der Waals surface area contributed by atoms with E-state index < -0.39 is 5.97 Å². The minimum Gasteiger partial charge on any atom is -0.492 e. The zero-order valence-corrected chi connectivity index (χ0v) is 16.6. The summed E-state index contributed by atoms with van der Waals surface area (Å²) in [5.74, 6) is -0.123. The van der Waals surface area contributed by atoms with Gasteiger partial charge in [0, 0.05) is 12.8 Å². The summed E-state index contributed by atoms with van der Waals surface area (Å²) >= 11 is 5.15. The third-order valence-corrected chi connectivity index (χ3v) is 3.94. The Labute approximate surface area is 170 Å². The summed E-state index contributed by atoms with van der Waals surface area (Å²) < 4.78 is 10.7. The van der Waals surface area contributed by atoms with Gasteiger partial charge in [0.15, 0.2) is 5.11 Å². The monoisotopic (exact) mass is 400 g/mol. The van der Waals surface area contributed by atoms with Gasteiger partial charge in [-0.3, -0.25) is 9.59 Å². The van der Waals surface area contributed by atoms with Crippen LogP contribution in [0.5, 0.6) is 5.75 Å². The number of nitrogens with one attached hydrogen (secondary N) is 2. The molecule has 0 spiro atoms. The topological polar surface area (TPSA) is 76.7 Å². The number of carbonyl (C=O) groups is 2. The molecule has 1 amide bonds. The summed E-state index contributed by atoms with van der Waals surface area (Å²) in [7, 11) is 0. The van der Waals surface area contributed by atoms with Crippen molar-refractivity contribution in [2.45, 2.75) is 26.2 Å². The van der Waals surface area contributed by atoms with Crippen LogP contribution < -0.4 is 15.4 Å². The van der Waals surface area contributed by atoms with Crippen LogP contribution in [0.3, 0.4) is 0 Å². The van der Waals surface area contributed by atoms with Gasteiger partial charge in [-0.1, -0.05) is 42.5 Å². The van der Waals surface area contributed by atoms with Crippen LogP contribution in [0, 0.1) is 0 Å². The fourth-order valence-corrected chi connectivity index (χ4v) is 2.63. The predicted molar refractivity (Wildman–Crippen MR) is 112 cm³/mol. The van der Waals surface area contributed by atoms with E-state index in [2.05, 4.69) is 10.6 Å². The van der Waals surface area contributed by atoms with Gasteiger partial charge in [-0.25, -0.2) is 0 Å². The van der Waals surface area contributed by atoms with Crippen molar-refractivity contribution in [1.82, 2.24) is 5.32 Å². The first-order chi connectivity index (χ1) is 13.6. The number of rotatable bonds is 9. The maximum absolute atomic E-state index is 12.0. The van der Waals surface area contributed by atoms with Crippen molar-refractivity contribution in [2.75, 3.05) is 18.5 Å². The number of thiocarbonyl (C=S) groups is 1. The number of hydrogen-bond acceptors (Lipinski definition) is 5. The summed E-state index contributed by atoms with van der Waals surface area (Å²) in [5.41, 5.74) is 1.76. The normalized spacial score (nSPS) is 10.0. The second kappa shape index (κ2) is 11.7. The fourth-order valence-electron chi connectivity index (χ4n) is 2.41. The average Bonchev–Trinajstić information content (AvgIpc) is 2.69. The number of ether oxygens (including phenoxy) is 2. The van der Waals surface area contributed by atoms with Crippen LogP contribution in [0.15, 0.2) is 54.6 Å². The number of amides is 1. The van der Waals surface area contributed by atoms with Crippen LogP contribution in [0.2, 0.25) is 0 Å². The number of carbonyl (C=O) groups excluding carboxylic acids is 2. The predicted octanol–water partition coefficient (Wildman–Crippen LogP) is 3.46. The molecule has 0 saturated carbocycles. The zero-order chi connectivity index (χ0) is 20.2. The maximum atomic E-state index is 12.0. The van der Waals surface area contributed by atoms with Gasteiger partial charge in [0.05, 0.1) is 25.3 Å². The molecule has 0 aliphatic carbocycles. The van der Waals surface area contributed by atoms with Crippen LogP contribution >= 0.6 is 12.2 Å². The molecule has 0 aromatic heterocycles. The Kier molecular flexibility index (Phi) is 8.94. The van der Waals surface area contributed by atoms with Gasteiger partial charge in [-0.15, -0.1) is 0 Å². The molecule has 0 aliphatic heterocycles. The molecule has 2 rings (SSSR count). The van der Waals surface area contributed by atoms with E-state index in [0.717, 1.165) is 5.56 Å². The van der Waals surface area contributed by atoms with E-state index in [-0.39, 0.29) is 23.9 Å². The Morgan fingerprint density at radius 3 is 2.46 bits per heavy atom. The van der Waals surface area contributed by atoms with Gasteiger partial charge in [0.1, 0.15) is 5.75 Å². The molecule has 2 aromatic carbocycles. The summed E-state index contributed by atoms with van der Waals surface area (Å²) in [6.45, 7) is 2.69. The minimum absolute atomic E-state index is 0.000896. The molecule has 148 valence electrons. The molecule has 0 heterocycles. The number of para-hydroxylation sites is 2. The SMILES string of the molecule is CCOc1ccccc1NC(=S)NC(=O)CCC(=O)OCCc1ccccc1. The average molecular weight is 401 g/mol. The van der Waals surface area contributed by atoms with Crippen LogP contribution in [0.4, 0.5) is 5.69 Å². The van der Waals surface area contributed by atoms with Gasteiger partial charge < -0.3 is 20.1 Å². The van der Waals surface area contributed by atoms with E-state index in [1.807, 2.05) is 55.5 Å². The van der Waals surface area contributed by atoms with Gasteiger partial charge >= 0.3 is 5.97 Å². The summed E-state index contributed by atoms with van der Waals surface area (Å²) in [6, 6.07) is 17.0. The Morgan fingerprint density at radius 1 is 1.00 bits per heavy atom. The van der Waals surface area contributed by atoms with Gasteiger partial charge in [-0.2, -0.15) is 0 Å². The molecule has 28 heavy (non-hydrogen) atoms. The Morgan fingerprint density at radius 2 is 1.71 bits per heavy atom. The van der Waals surface area contributed by atoms with Gasteiger partial charge in [-0.05, 0) is 36.8 Å². The lowest BCUT2D eigenvalue weighted by Crippen LogP contribution is -2.34. The first kappa shape index (κ1) is 21.4. The highest BCUT2D eigenvalue weighted by Crippen LogP contribution is 2.23. The second-order valence-corrected chi connectivity index (χ2v) is 6.30. The smallest absolute Gasteiger partial charge is 0.306 e. The molecular weight excluding hydrogens is 376 g/mol. The third-order valence-electron chi connectivity index (χ3n) is 3.74. The highest BCUT2D eigenvalue weighted by atomic mass is 32.1. The fraction of sp³-hybridized carbons (Fsp3) is 0.286. The molecule has 0 fully saturated rings. The number of benzene rings is 2. The molecule has 0 saturated heterocycles. The molecule has 2 N–H and O–H groups in total. The Hall–Kier alpha value is -2.93. The zero-order valence-electron chi connectivity index (χ0n) is 15.8. The van der Waals surface area contributed by atoms with Crippen molar-refractivity contribution in [2.24, 2.45) is 0 Å². The van der Waals surface area contributed by atoms with Crippen LogP contribution in [0.25, 0.3) is 0 Å². The lowest BCUT2D eigenvalue weighted by Gasteiger charge is -2.13. The van der Waals surface area contributed by atoms with Crippen LogP contribution in [0.1, 0.15) is 25.3 Å². The van der Waals surface area contributed by atoms with E-state index in [1.165, 1.54) is 0 Å². The first-order valence-electron chi connectivity index (χ1n) is 9.10. The van der Waals surface area contributed by atoms with E-state index in [4.69, 9.17) is 21.7 Å². The molecule has 6 nitrogen and oxygen atoms in total. The number of hydrogen-bond donors (Lipinski definition) is 2. The van der Waals surface area contributed by atoms with E-state index in [1.54, 1.807) is 6.07 Å². The van der Waals surface area contributed by atoms with Crippen molar-refractivity contribution in [3.05, 3.63) is 60.2 Å². The Bertz CT molecular complexity index is 796. The first-order valence-corrected chi connectivity index (χ1v) is 9.51. The Balaban J connectivity index is 1.67. The molecule has 0 unspecified atom stereocenters. The number of anilines is 1. The van der Waals surface area contributed by atoms with Gasteiger partial charge in [0.2, 0.25) is 5.91 Å². The van der Waals surface area contributed by atoms with Crippen LogP contribution in [-0.4, -0.2) is 30.2 Å². The molecular formula is C21H24N2O4S. The van der Waals surface area contributed by atoms with Crippen molar-refractivity contribution >= 4 is 34.9 Å². The molecule has 7 heteroatoms. The van der Waals surface area contributed by atoms with Crippen LogP contribution in [-0.2, 0) is 20.7 Å². The highest BCUT2D eigenvalue weighted by Gasteiger charge is 2.11. The third kappa shape index (κ3) is 7.75. The van der Waals surface area contributed by atoms with Crippen molar-refractivity contribution < 1.29 is 19.1 Å². The van der Waals surface area contributed by atoms with Gasteiger partial charge in [0.25, 0.3) is 0 Å². The molecule has 0 atom stereocenters. The second-order valence-electron chi connectivity index (χ2n) is 5.89. The quantitative estimate of drug-likeness (QED) is 0.496. The summed E-state index contributed by atoms with van der Waals surface area (Å²) in [5, 5.41) is 5.63. The standard InChI is InChI=1S/C21H24N2O4S/c1-2-26-18-11-7-6-10-17(18)22-21(28)23-19(24)12-13-20(25)27-15-14-16-8-4-3-5-9-16/h3-11H,2,12-15H2,1H3,(H2,22,23,24,28). The summed E-state index contributed by atoms with van der Waals surface area (Å²) in [4.78, 5) is 23.7. The van der Waals surface area contributed by atoms with Crippen molar-refractivity contribution in [3.8, 4) is 5.75 Å². The molecule has 0 bridgehead atoms. The minimum atomic E-state index is -0.411. The van der Waals surface area contributed by atoms with E-state index >= 15 is 0 Å². The molecule has 0 radical (unpaired) electrons. The van der Waals surface area contributed by atoms with Crippen molar-refractivity contribution in [1.29, 1.82) is 0 Å². The van der Waals surface area contributed by atoms with E-state index in [0.29, 0.717) is 31.1 Å². The van der Waals surface area contributed by atoms with E-state index in [9.17, 15) is 9.59 Å². The molecule has 2 aromatic rings. The summed E-state index contributed by atoms with van der Waals surface area (Å²) in [6.07, 6.45) is 0.643.